The Kier molecular flexibility index (Phi) is 3.36. The van der Waals surface area contributed by atoms with Crippen LogP contribution in [0.1, 0.15) is 34.6 Å². The zero-order valence-corrected chi connectivity index (χ0v) is 9.63. The van der Waals surface area contributed by atoms with E-state index in [4.69, 9.17) is 4.74 Å². The fourth-order valence-electron chi connectivity index (χ4n) is 1.81. The van der Waals surface area contributed by atoms with Gasteiger partial charge in [0.1, 0.15) is 0 Å². The molecule has 0 radical (unpaired) electrons. The Hall–Kier alpha value is -0.0800. The number of rotatable bonds is 1. The SMILES string of the molecule is CC(C)N1C[C@H](C)COC(C)(C)C1. The van der Waals surface area contributed by atoms with E-state index in [-0.39, 0.29) is 5.60 Å². The van der Waals surface area contributed by atoms with Gasteiger partial charge in [-0.25, -0.2) is 0 Å². The highest BCUT2D eigenvalue weighted by atomic mass is 16.5. The third kappa shape index (κ3) is 3.28. The van der Waals surface area contributed by atoms with E-state index in [2.05, 4.69) is 39.5 Å². The lowest BCUT2D eigenvalue weighted by Crippen LogP contribution is -2.42. The third-order valence-corrected chi connectivity index (χ3v) is 2.62. The lowest BCUT2D eigenvalue weighted by molar-refractivity contribution is -0.0264. The molecule has 2 heteroatoms. The topological polar surface area (TPSA) is 12.5 Å². The fourth-order valence-corrected chi connectivity index (χ4v) is 1.81. The molecule has 1 atom stereocenters. The quantitative estimate of drug-likeness (QED) is 0.620. The van der Waals surface area contributed by atoms with E-state index in [1.54, 1.807) is 0 Å². The van der Waals surface area contributed by atoms with Crippen LogP contribution in [0.5, 0.6) is 0 Å². The van der Waals surface area contributed by atoms with E-state index < -0.39 is 0 Å². The van der Waals surface area contributed by atoms with Gasteiger partial charge in [0, 0.05) is 19.1 Å². The van der Waals surface area contributed by atoms with Gasteiger partial charge in [-0.2, -0.15) is 0 Å². The predicted octanol–water partition coefficient (Wildman–Crippen LogP) is 2.14. The normalized spacial score (nSPS) is 30.5. The first-order valence-corrected chi connectivity index (χ1v) is 5.29. The van der Waals surface area contributed by atoms with Gasteiger partial charge in [0.15, 0.2) is 0 Å². The third-order valence-electron chi connectivity index (χ3n) is 2.62. The first-order valence-electron chi connectivity index (χ1n) is 5.29. The number of ether oxygens (including phenoxy) is 1. The predicted molar refractivity (Wildman–Crippen MR) is 55.9 cm³/mol. The monoisotopic (exact) mass is 185 g/mol. The van der Waals surface area contributed by atoms with Crippen molar-refractivity contribution in [2.45, 2.75) is 46.3 Å². The molecule has 0 aromatic heterocycles. The molecule has 1 saturated heterocycles. The Morgan fingerprint density at radius 3 is 2.54 bits per heavy atom. The first-order chi connectivity index (χ1) is 5.91. The van der Waals surface area contributed by atoms with Crippen LogP contribution in [0, 0.1) is 5.92 Å². The average molecular weight is 185 g/mol. The minimum Gasteiger partial charge on any atom is -0.374 e. The highest BCUT2D eigenvalue weighted by Crippen LogP contribution is 2.20. The van der Waals surface area contributed by atoms with E-state index >= 15 is 0 Å². The van der Waals surface area contributed by atoms with Crippen molar-refractivity contribution in [1.29, 1.82) is 0 Å². The molecule has 0 aliphatic carbocycles. The highest BCUT2D eigenvalue weighted by molar-refractivity contribution is 4.81. The summed E-state index contributed by atoms with van der Waals surface area (Å²) in [5.41, 5.74) is 0.0228. The van der Waals surface area contributed by atoms with Gasteiger partial charge >= 0.3 is 0 Å². The van der Waals surface area contributed by atoms with Gasteiger partial charge in [-0.1, -0.05) is 6.92 Å². The lowest BCUT2D eigenvalue weighted by Gasteiger charge is -2.31. The standard InChI is InChI=1S/C11H23NO/c1-9(2)12-6-10(3)7-13-11(4,5)8-12/h9-10H,6-8H2,1-5H3/t10-/m0/s1. The molecule has 0 aromatic carbocycles. The summed E-state index contributed by atoms with van der Waals surface area (Å²) in [5, 5.41) is 0. The van der Waals surface area contributed by atoms with Gasteiger partial charge in [-0.05, 0) is 33.6 Å². The van der Waals surface area contributed by atoms with Crippen molar-refractivity contribution >= 4 is 0 Å². The lowest BCUT2D eigenvalue weighted by atomic mass is 10.1. The van der Waals surface area contributed by atoms with Gasteiger partial charge in [-0.15, -0.1) is 0 Å². The van der Waals surface area contributed by atoms with Crippen molar-refractivity contribution in [2.24, 2.45) is 5.92 Å². The molecular weight excluding hydrogens is 162 g/mol. The second kappa shape index (κ2) is 3.97. The molecule has 1 aliphatic rings. The van der Waals surface area contributed by atoms with Crippen LogP contribution in [0.25, 0.3) is 0 Å². The highest BCUT2D eigenvalue weighted by Gasteiger charge is 2.29. The van der Waals surface area contributed by atoms with Crippen LogP contribution in [-0.4, -0.2) is 36.2 Å². The first kappa shape index (κ1) is 11.0. The Labute approximate surface area is 82.3 Å². The molecule has 0 unspecified atom stereocenters. The smallest absolute Gasteiger partial charge is 0.0753 e. The molecule has 1 rings (SSSR count). The number of hydrogen-bond acceptors (Lipinski definition) is 2. The van der Waals surface area contributed by atoms with Crippen LogP contribution in [0.3, 0.4) is 0 Å². The Balaban J connectivity index is 2.63. The maximum absolute atomic E-state index is 5.84. The van der Waals surface area contributed by atoms with E-state index in [1.165, 1.54) is 6.54 Å². The van der Waals surface area contributed by atoms with Crippen molar-refractivity contribution in [3.8, 4) is 0 Å². The van der Waals surface area contributed by atoms with Gasteiger partial charge in [0.05, 0.1) is 12.2 Å². The van der Waals surface area contributed by atoms with Crippen molar-refractivity contribution in [3.05, 3.63) is 0 Å². The van der Waals surface area contributed by atoms with Crippen LogP contribution in [0.4, 0.5) is 0 Å². The molecule has 78 valence electrons. The maximum atomic E-state index is 5.84. The van der Waals surface area contributed by atoms with Gasteiger partial charge in [-0.3, -0.25) is 4.90 Å². The van der Waals surface area contributed by atoms with Crippen LogP contribution in [0.15, 0.2) is 0 Å². The maximum Gasteiger partial charge on any atom is 0.0753 e. The minimum absolute atomic E-state index is 0.0228. The van der Waals surface area contributed by atoms with Crippen LogP contribution >= 0.6 is 0 Å². The van der Waals surface area contributed by atoms with Crippen LogP contribution in [-0.2, 0) is 4.74 Å². The van der Waals surface area contributed by atoms with Crippen molar-refractivity contribution < 1.29 is 4.74 Å². The molecule has 1 fully saturated rings. The van der Waals surface area contributed by atoms with Gasteiger partial charge in [0.25, 0.3) is 0 Å². The minimum atomic E-state index is 0.0228. The van der Waals surface area contributed by atoms with E-state index in [0.29, 0.717) is 12.0 Å². The number of hydrogen-bond donors (Lipinski definition) is 0. The molecule has 13 heavy (non-hydrogen) atoms. The van der Waals surface area contributed by atoms with Crippen molar-refractivity contribution in [2.75, 3.05) is 19.7 Å². The molecule has 0 bridgehead atoms. The fraction of sp³-hybridized carbons (Fsp3) is 1.00. The van der Waals surface area contributed by atoms with Crippen LogP contribution < -0.4 is 0 Å². The van der Waals surface area contributed by atoms with E-state index in [9.17, 15) is 0 Å². The Bertz CT molecular complexity index is 165. The summed E-state index contributed by atoms with van der Waals surface area (Å²) in [6.45, 7) is 14.3. The summed E-state index contributed by atoms with van der Waals surface area (Å²) in [6.07, 6.45) is 0. The molecule has 0 saturated carbocycles. The molecule has 0 aromatic rings. The Morgan fingerprint density at radius 1 is 1.38 bits per heavy atom. The summed E-state index contributed by atoms with van der Waals surface area (Å²) in [4.78, 5) is 2.51. The molecule has 0 spiro atoms. The second-order valence-corrected chi connectivity index (χ2v) is 5.20. The summed E-state index contributed by atoms with van der Waals surface area (Å²) in [7, 11) is 0. The molecule has 0 N–H and O–H groups in total. The molecule has 0 amide bonds. The molecule has 1 aliphatic heterocycles. The summed E-state index contributed by atoms with van der Waals surface area (Å²) >= 11 is 0. The van der Waals surface area contributed by atoms with Crippen molar-refractivity contribution in [1.82, 2.24) is 4.90 Å². The average Bonchev–Trinajstić information content (AvgIpc) is 2.11. The summed E-state index contributed by atoms with van der Waals surface area (Å²) in [5.74, 6) is 0.657. The van der Waals surface area contributed by atoms with Crippen molar-refractivity contribution in [3.63, 3.8) is 0 Å². The van der Waals surface area contributed by atoms with E-state index in [1.807, 2.05) is 0 Å². The summed E-state index contributed by atoms with van der Waals surface area (Å²) in [6, 6.07) is 0.628. The zero-order chi connectivity index (χ0) is 10.1. The molecule has 2 nitrogen and oxygen atoms in total. The number of nitrogens with zero attached hydrogens (tertiary/aromatic N) is 1. The molecular formula is C11H23NO. The zero-order valence-electron chi connectivity index (χ0n) is 9.63. The van der Waals surface area contributed by atoms with E-state index in [0.717, 1.165) is 13.2 Å². The second-order valence-electron chi connectivity index (χ2n) is 5.20. The Morgan fingerprint density at radius 2 is 2.00 bits per heavy atom. The van der Waals surface area contributed by atoms with Gasteiger partial charge in [0.2, 0.25) is 0 Å². The largest absolute Gasteiger partial charge is 0.374 e. The summed E-state index contributed by atoms with van der Waals surface area (Å²) < 4.78 is 5.84. The van der Waals surface area contributed by atoms with Gasteiger partial charge < -0.3 is 4.74 Å². The van der Waals surface area contributed by atoms with Crippen LogP contribution in [0.2, 0.25) is 0 Å². The molecule has 1 heterocycles.